The molecule has 1 aromatic carbocycles. The summed E-state index contributed by atoms with van der Waals surface area (Å²) in [5.74, 6) is 6.13. The van der Waals surface area contributed by atoms with E-state index in [1.165, 1.54) is 16.8 Å². The average Bonchev–Trinajstić information content (AvgIpc) is 3.05. The van der Waals surface area contributed by atoms with Gasteiger partial charge < -0.3 is 11.2 Å². The third-order valence-electron chi connectivity index (χ3n) is 3.51. The number of rotatable bonds is 7. The minimum atomic E-state index is -0.319. The van der Waals surface area contributed by atoms with Crippen molar-refractivity contribution in [3.05, 3.63) is 60.0 Å². The van der Waals surface area contributed by atoms with Gasteiger partial charge in [0, 0.05) is 6.20 Å². The number of hydrogen-bond acceptors (Lipinski definition) is 8. The predicted octanol–water partition coefficient (Wildman–Crippen LogP) is 2.09. The highest BCUT2D eigenvalue weighted by molar-refractivity contribution is 7.99. The van der Waals surface area contributed by atoms with Crippen LogP contribution in [0.2, 0.25) is 0 Å². The SMILES string of the molecule is C/C(=N\Nc1nnc(SCC(=O)Nc2ccccn2)n1N)c1ccc(F)cc1. The minimum Gasteiger partial charge on any atom is -0.334 e. The smallest absolute Gasteiger partial charge is 0.264 e. The molecule has 0 atom stereocenters. The number of amides is 1. The van der Waals surface area contributed by atoms with Crippen LogP contribution in [0.1, 0.15) is 12.5 Å². The van der Waals surface area contributed by atoms with Crippen molar-refractivity contribution >= 4 is 35.1 Å². The van der Waals surface area contributed by atoms with Crippen molar-refractivity contribution in [2.75, 3.05) is 22.3 Å². The maximum Gasteiger partial charge on any atom is 0.264 e. The van der Waals surface area contributed by atoms with Gasteiger partial charge >= 0.3 is 0 Å². The van der Waals surface area contributed by atoms with Gasteiger partial charge in [-0.2, -0.15) is 5.10 Å². The molecule has 28 heavy (non-hydrogen) atoms. The fourth-order valence-electron chi connectivity index (χ4n) is 2.09. The van der Waals surface area contributed by atoms with E-state index in [9.17, 15) is 9.18 Å². The van der Waals surface area contributed by atoms with Crippen LogP contribution in [-0.4, -0.2) is 37.2 Å². The number of hydrogen-bond donors (Lipinski definition) is 3. The van der Waals surface area contributed by atoms with Gasteiger partial charge in [0.25, 0.3) is 5.95 Å². The number of thioether (sulfide) groups is 1. The lowest BCUT2D eigenvalue weighted by Gasteiger charge is -2.05. The minimum absolute atomic E-state index is 0.0871. The molecule has 144 valence electrons. The van der Waals surface area contributed by atoms with E-state index in [2.05, 4.69) is 31.0 Å². The summed E-state index contributed by atoms with van der Waals surface area (Å²) in [7, 11) is 0. The molecule has 2 aromatic heterocycles. The van der Waals surface area contributed by atoms with Gasteiger partial charge in [0.1, 0.15) is 11.6 Å². The van der Waals surface area contributed by atoms with E-state index in [1.807, 2.05) is 0 Å². The second kappa shape index (κ2) is 8.95. The van der Waals surface area contributed by atoms with Gasteiger partial charge in [-0.3, -0.25) is 4.79 Å². The number of aromatic nitrogens is 4. The number of carbonyl (C=O) groups is 1. The summed E-state index contributed by atoms with van der Waals surface area (Å²) in [4.78, 5) is 16.0. The normalized spacial score (nSPS) is 11.3. The van der Waals surface area contributed by atoms with Crippen LogP contribution < -0.4 is 16.6 Å². The van der Waals surface area contributed by atoms with Crippen molar-refractivity contribution in [3.8, 4) is 0 Å². The number of benzene rings is 1. The average molecular weight is 400 g/mol. The molecular formula is C17H17FN8OS. The maximum absolute atomic E-state index is 13.0. The molecule has 0 radical (unpaired) electrons. The van der Waals surface area contributed by atoms with Crippen LogP contribution in [0.15, 0.2) is 58.9 Å². The quantitative estimate of drug-likeness (QED) is 0.240. The number of pyridine rings is 1. The van der Waals surface area contributed by atoms with E-state index in [4.69, 9.17) is 5.84 Å². The summed E-state index contributed by atoms with van der Waals surface area (Å²) in [5, 5.41) is 15.0. The molecule has 0 aliphatic heterocycles. The molecule has 0 aliphatic carbocycles. The first kappa shape index (κ1) is 19.3. The Hall–Kier alpha value is -3.47. The molecule has 0 unspecified atom stereocenters. The van der Waals surface area contributed by atoms with Crippen molar-refractivity contribution in [3.63, 3.8) is 0 Å². The monoisotopic (exact) mass is 400 g/mol. The molecule has 0 aliphatic rings. The number of carbonyl (C=O) groups excluding carboxylic acids is 1. The summed E-state index contributed by atoms with van der Waals surface area (Å²) in [6.07, 6.45) is 1.59. The highest BCUT2D eigenvalue weighted by atomic mass is 32.2. The first-order valence-electron chi connectivity index (χ1n) is 8.13. The number of nitrogens with two attached hydrogens (primary N) is 1. The van der Waals surface area contributed by atoms with Crippen molar-refractivity contribution in [2.45, 2.75) is 12.1 Å². The van der Waals surface area contributed by atoms with Gasteiger partial charge in [-0.15, -0.1) is 10.2 Å². The summed E-state index contributed by atoms with van der Waals surface area (Å²) in [6.45, 7) is 1.76. The van der Waals surface area contributed by atoms with Crippen molar-refractivity contribution in [1.82, 2.24) is 19.9 Å². The molecular weight excluding hydrogens is 383 g/mol. The van der Waals surface area contributed by atoms with Crippen LogP contribution in [-0.2, 0) is 4.79 Å². The molecule has 0 spiro atoms. The van der Waals surface area contributed by atoms with Crippen molar-refractivity contribution < 1.29 is 9.18 Å². The topological polar surface area (TPSA) is 123 Å². The van der Waals surface area contributed by atoms with Gasteiger partial charge in [0.05, 0.1) is 11.5 Å². The number of nitrogen functional groups attached to an aromatic ring is 1. The van der Waals surface area contributed by atoms with Crippen LogP contribution >= 0.6 is 11.8 Å². The molecule has 11 heteroatoms. The Labute approximate surface area is 164 Å². The first-order chi connectivity index (χ1) is 13.5. The molecule has 3 rings (SSSR count). The highest BCUT2D eigenvalue weighted by Gasteiger charge is 2.12. The van der Waals surface area contributed by atoms with Crippen LogP contribution in [0, 0.1) is 5.82 Å². The van der Waals surface area contributed by atoms with E-state index < -0.39 is 0 Å². The fraction of sp³-hybridized carbons (Fsp3) is 0.118. The number of nitrogens with one attached hydrogen (secondary N) is 2. The lowest BCUT2D eigenvalue weighted by atomic mass is 10.1. The molecule has 0 saturated carbocycles. The Morgan fingerprint density at radius 2 is 2.04 bits per heavy atom. The van der Waals surface area contributed by atoms with E-state index in [0.717, 1.165) is 17.3 Å². The zero-order chi connectivity index (χ0) is 19.9. The number of nitrogens with zero attached hydrogens (tertiary/aromatic N) is 5. The Morgan fingerprint density at radius 3 is 2.75 bits per heavy atom. The third-order valence-corrected chi connectivity index (χ3v) is 4.46. The van der Waals surface area contributed by atoms with E-state index in [1.54, 1.807) is 43.5 Å². The van der Waals surface area contributed by atoms with E-state index >= 15 is 0 Å². The molecule has 2 heterocycles. The van der Waals surface area contributed by atoms with E-state index in [0.29, 0.717) is 16.7 Å². The number of hydrazone groups is 1. The second-order valence-corrected chi connectivity index (χ2v) is 6.49. The van der Waals surface area contributed by atoms with Crippen LogP contribution in [0.25, 0.3) is 0 Å². The van der Waals surface area contributed by atoms with Crippen LogP contribution in [0.4, 0.5) is 16.2 Å². The van der Waals surface area contributed by atoms with Gasteiger partial charge in [-0.25, -0.2) is 19.5 Å². The third kappa shape index (κ3) is 5.04. The second-order valence-electron chi connectivity index (χ2n) is 5.54. The molecule has 3 aromatic rings. The lowest BCUT2D eigenvalue weighted by Crippen LogP contribution is -2.17. The standard InChI is InChI=1S/C17H17FN8OS/c1-11(12-5-7-13(18)8-6-12)22-23-16-24-25-17(26(16)19)28-10-15(27)21-14-4-2-3-9-20-14/h2-9H,10,19H2,1H3,(H,23,24)(H,20,21,27)/b22-11+. The summed E-state index contributed by atoms with van der Waals surface area (Å²) in [6, 6.07) is 11.2. The van der Waals surface area contributed by atoms with Crippen LogP contribution in [0.5, 0.6) is 0 Å². The van der Waals surface area contributed by atoms with Gasteiger partial charge in [0.2, 0.25) is 11.1 Å². The highest BCUT2D eigenvalue weighted by Crippen LogP contribution is 2.17. The Morgan fingerprint density at radius 1 is 1.25 bits per heavy atom. The fourth-order valence-corrected chi connectivity index (χ4v) is 2.74. The van der Waals surface area contributed by atoms with Gasteiger partial charge in [0.15, 0.2) is 0 Å². The van der Waals surface area contributed by atoms with Crippen molar-refractivity contribution in [2.24, 2.45) is 5.10 Å². The Balaban J connectivity index is 1.56. The summed E-state index contributed by atoms with van der Waals surface area (Å²) >= 11 is 1.12. The molecule has 0 bridgehead atoms. The van der Waals surface area contributed by atoms with Crippen molar-refractivity contribution in [1.29, 1.82) is 0 Å². The molecule has 9 nitrogen and oxygen atoms in total. The molecule has 1 amide bonds. The largest absolute Gasteiger partial charge is 0.334 e. The Kier molecular flexibility index (Phi) is 6.17. The molecule has 4 N–H and O–H groups in total. The van der Waals surface area contributed by atoms with Crippen LogP contribution in [0.3, 0.4) is 0 Å². The first-order valence-corrected chi connectivity index (χ1v) is 9.12. The summed E-state index contributed by atoms with van der Waals surface area (Å²) in [5.41, 5.74) is 4.07. The Bertz CT molecular complexity index is 975. The zero-order valence-electron chi connectivity index (χ0n) is 14.8. The van der Waals surface area contributed by atoms with E-state index in [-0.39, 0.29) is 23.4 Å². The summed E-state index contributed by atoms with van der Waals surface area (Å²) < 4.78 is 14.2. The number of halogens is 1. The predicted molar refractivity (Wildman–Crippen MR) is 106 cm³/mol. The lowest BCUT2D eigenvalue weighted by molar-refractivity contribution is -0.113. The van der Waals surface area contributed by atoms with Gasteiger partial charge in [-0.05, 0) is 36.8 Å². The molecule has 0 fully saturated rings. The zero-order valence-corrected chi connectivity index (χ0v) is 15.7. The number of anilines is 2. The maximum atomic E-state index is 13.0. The molecule has 0 saturated heterocycles. The van der Waals surface area contributed by atoms with Gasteiger partial charge in [-0.1, -0.05) is 30.0 Å².